The summed E-state index contributed by atoms with van der Waals surface area (Å²) in [6.45, 7) is 8.24. The first-order valence-corrected chi connectivity index (χ1v) is 10.9. The second-order valence-corrected chi connectivity index (χ2v) is 8.19. The molecular weight excluding hydrogens is 458 g/mol. The van der Waals surface area contributed by atoms with Gasteiger partial charge in [0.25, 0.3) is 0 Å². The molecule has 4 aromatic heterocycles. The number of hydrogen-bond acceptors (Lipinski definition) is 7. The third-order valence-corrected chi connectivity index (χ3v) is 5.96. The molecule has 0 aromatic carbocycles. The Morgan fingerprint density at radius 2 is 2.03 bits per heavy atom. The summed E-state index contributed by atoms with van der Waals surface area (Å²) in [5.41, 5.74) is 2.81. The number of rotatable bonds is 6. The highest BCUT2D eigenvalue weighted by Crippen LogP contribution is 2.27. The molecule has 1 aliphatic rings. The Morgan fingerprint density at radius 3 is 2.77 bits per heavy atom. The van der Waals surface area contributed by atoms with E-state index in [1.54, 1.807) is 18.7 Å². The molecule has 1 fully saturated rings. The number of nitrogens with one attached hydrogen (secondary N) is 1. The topological polar surface area (TPSA) is 74.7 Å². The van der Waals surface area contributed by atoms with E-state index in [4.69, 9.17) is 9.40 Å². The summed E-state index contributed by atoms with van der Waals surface area (Å²) in [5.74, 6) is 2.63. The number of anilines is 2. The first kappa shape index (κ1) is 19.6. The van der Waals surface area contributed by atoms with Crippen LogP contribution in [0.1, 0.15) is 11.3 Å². The Hall–Kier alpha value is -3.33. The van der Waals surface area contributed by atoms with E-state index in [0.29, 0.717) is 6.54 Å². The van der Waals surface area contributed by atoms with Gasteiger partial charge < -0.3 is 19.5 Å². The lowest BCUT2D eigenvalue weighted by Crippen LogP contribution is -2.45. The molecule has 1 aliphatic heterocycles. The van der Waals surface area contributed by atoms with Crippen molar-refractivity contribution in [1.29, 1.82) is 0 Å². The van der Waals surface area contributed by atoms with Crippen LogP contribution in [0.25, 0.3) is 11.3 Å². The summed E-state index contributed by atoms with van der Waals surface area (Å²) in [6, 6.07) is 9.87. The van der Waals surface area contributed by atoms with Gasteiger partial charge in [0.15, 0.2) is 5.65 Å². The number of nitrogens with zero attached hydrogens (tertiary/aromatic N) is 6. The van der Waals surface area contributed by atoms with Gasteiger partial charge in [-0.2, -0.15) is 9.61 Å². The molecule has 1 N–H and O–H groups in total. The average Bonchev–Trinajstić information content (AvgIpc) is 3.48. The standard InChI is InChI=1S/C22H22BrN7O/c1-16(19-5-3-11-31-19)28-7-9-29(10-8-28)21-12-20(25-14-17-4-2-6-24-13-17)30-22(27-21)18(23)15-26-30/h2-6,11-13,15,25H,1,7-10,14H2. The van der Waals surface area contributed by atoms with E-state index in [-0.39, 0.29) is 0 Å². The maximum atomic E-state index is 5.50. The fourth-order valence-corrected chi connectivity index (χ4v) is 4.06. The van der Waals surface area contributed by atoms with Crippen LogP contribution in [0.3, 0.4) is 0 Å². The lowest BCUT2D eigenvalue weighted by Gasteiger charge is -2.37. The minimum Gasteiger partial charge on any atom is -0.463 e. The third kappa shape index (κ3) is 4.00. The molecule has 0 bridgehead atoms. The smallest absolute Gasteiger partial charge is 0.173 e. The van der Waals surface area contributed by atoms with Gasteiger partial charge in [-0.05, 0) is 39.7 Å². The zero-order valence-corrected chi connectivity index (χ0v) is 18.5. The van der Waals surface area contributed by atoms with E-state index in [1.807, 2.05) is 35.0 Å². The fourth-order valence-electron chi connectivity index (χ4n) is 3.71. The van der Waals surface area contributed by atoms with E-state index in [2.05, 4.69) is 53.8 Å². The lowest BCUT2D eigenvalue weighted by atomic mass is 10.2. The van der Waals surface area contributed by atoms with Crippen LogP contribution in [-0.2, 0) is 6.54 Å². The van der Waals surface area contributed by atoms with Gasteiger partial charge in [0.05, 0.1) is 22.6 Å². The van der Waals surface area contributed by atoms with Crippen LogP contribution in [0.5, 0.6) is 0 Å². The second kappa shape index (κ2) is 8.43. The van der Waals surface area contributed by atoms with Crippen molar-refractivity contribution in [3.05, 3.63) is 77.6 Å². The molecule has 8 nitrogen and oxygen atoms in total. The number of halogens is 1. The van der Waals surface area contributed by atoms with Crippen LogP contribution < -0.4 is 10.2 Å². The summed E-state index contributed by atoms with van der Waals surface area (Å²) in [6.07, 6.45) is 7.08. The molecule has 5 heterocycles. The molecule has 158 valence electrons. The van der Waals surface area contributed by atoms with E-state index < -0.39 is 0 Å². The van der Waals surface area contributed by atoms with Crippen molar-refractivity contribution in [2.45, 2.75) is 6.54 Å². The van der Waals surface area contributed by atoms with Crippen LogP contribution in [-0.4, -0.2) is 50.7 Å². The van der Waals surface area contributed by atoms with Crippen molar-refractivity contribution in [2.24, 2.45) is 0 Å². The minimum atomic E-state index is 0.653. The molecule has 31 heavy (non-hydrogen) atoms. The fraction of sp³-hybridized carbons (Fsp3) is 0.227. The Labute approximate surface area is 188 Å². The Balaban J connectivity index is 1.35. The number of aromatic nitrogens is 4. The van der Waals surface area contributed by atoms with Gasteiger partial charge in [-0.1, -0.05) is 12.6 Å². The van der Waals surface area contributed by atoms with Crippen molar-refractivity contribution in [1.82, 2.24) is 24.5 Å². The van der Waals surface area contributed by atoms with Gasteiger partial charge in [-0.25, -0.2) is 4.98 Å². The van der Waals surface area contributed by atoms with E-state index in [9.17, 15) is 0 Å². The number of fused-ring (bicyclic) bond motifs is 1. The molecule has 0 radical (unpaired) electrons. The molecule has 0 aliphatic carbocycles. The highest BCUT2D eigenvalue weighted by molar-refractivity contribution is 9.10. The summed E-state index contributed by atoms with van der Waals surface area (Å²) in [4.78, 5) is 13.6. The molecular formula is C22H22BrN7O. The van der Waals surface area contributed by atoms with Crippen LogP contribution in [0.4, 0.5) is 11.6 Å². The number of piperazine rings is 1. The van der Waals surface area contributed by atoms with E-state index in [0.717, 1.165) is 65.0 Å². The number of furan rings is 1. The minimum absolute atomic E-state index is 0.653. The highest BCUT2D eigenvalue weighted by atomic mass is 79.9. The monoisotopic (exact) mass is 479 g/mol. The molecule has 0 saturated carbocycles. The van der Waals surface area contributed by atoms with Crippen molar-refractivity contribution >= 4 is 38.9 Å². The summed E-state index contributed by atoms with van der Waals surface area (Å²) in [7, 11) is 0. The molecule has 0 spiro atoms. The van der Waals surface area contributed by atoms with Crippen molar-refractivity contribution in [3.63, 3.8) is 0 Å². The largest absolute Gasteiger partial charge is 0.463 e. The normalized spacial score (nSPS) is 14.2. The van der Waals surface area contributed by atoms with Gasteiger partial charge in [0.1, 0.15) is 17.4 Å². The Morgan fingerprint density at radius 1 is 1.16 bits per heavy atom. The van der Waals surface area contributed by atoms with Crippen LogP contribution >= 0.6 is 15.9 Å². The summed E-state index contributed by atoms with van der Waals surface area (Å²) >= 11 is 3.57. The summed E-state index contributed by atoms with van der Waals surface area (Å²) < 4.78 is 8.18. The lowest BCUT2D eigenvalue weighted by molar-refractivity contribution is 0.357. The van der Waals surface area contributed by atoms with Gasteiger partial charge in [-0.3, -0.25) is 4.98 Å². The van der Waals surface area contributed by atoms with Crippen molar-refractivity contribution < 1.29 is 4.42 Å². The SMILES string of the molecule is C=C(c1ccco1)N1CCN(c2cc(NCc3cccnc3)n3ncc(Br)c3n2)CC1. The number of pyridine rings is 1. The molecule has 0 unspecified atom stereocenters. The van der Waals surface area contributed by atoms with Gasteiger partial charge in [0, 0.05) is 51.2 Å². The van der Waals surface area contributed by atoms with Gasteiger partial charge in [0.2, 0.25) is 0 Å². The average molecular weight is 480 g/mol. The van der Waals surface area contributed by atoms with Crippen LogP contribution in [0.2, 0.25) is 0 Å². The first-order chi connectivity index (χ1) is 15.2. The Kier molecular flexibility index (Phi) is 5.33. The number of hydrogen-bond donors (Lipinski definition) is 1. The molecule has 1 saturated heterocycles. The zero-order valence-electron chi connectivity index (χ0n) is 16.9. The van der Waals surface area contributed by atoms with Gasteiger partial charge in [-0.15, -0.1) is 0 Å². The third-order valence-electron chi connectivity index (χ3n) is 5.40. The maximum Gasteiger partial charge on any atom is 0.173 e. The van der Waals surface area contributed by atoms with E-state index >= 15 is 0 Å². The predicted molar refractivity (Wildman–Crippen MR) is 124 cm³/mol. The molecule has 0 amide bonds. The maximum absolute atomic E-state index is 5.50. The van der Waals surface area contributed by atoms with Crippen molar-refractivity contribution in [3.8, 4) is 0 Å². The molecule has 4 aromatic rings. The van der Waals surface area contributed by atoms with Gasteiger partial charge >= 0.3 is 0 Å². The second-order valence-electron chi connectivity index (χ2n) is 7.34. The molecule has 0 atom stereocenters. The van der Waals surface area contributed by atoms with Crippen LogP contribution in [0, 0.1) is 0 Å². The molecule has 5 rings (SSSR count). The first-order valence-electron chi connectivity index (χ1n) is 10.1. The van der Waals surface area contributed by atoms with Crippen LogP contribution in [0.15, 0.2) is 70.7 Å². The molecule has 9 heteroatoms. The quantitative estimate of drug-likeness (QED) is 0.449. The predicted octanol–water partition coefficient (Wildman–Crippen LogP) is 3.88. The summed E-state index contributed by atoms with van der Waals surface area (Å²) in [5, 5.41) is 7.94. The van der Waals surface area contributed by atoms with E-state index in [1.165, 1.54) is 0 Å². The zero-order chi connectivity index (χ0) is 21.2. The highest BCUT2D eigenvalue weighted by Gasteiger charge is 2.22. The Bertz CT molecular complexity index is 1180. The van der Waals surface area contributed by atoms with Crippen molar-refractivity contribution in [2.75, 3.05) is 36.4 Å².